The molecule has 0 bridgehead atoms. The van der Waals surface area contributed by atoms with E-state index in [4.69, 9.17) is 4.74 Å². The number of carbonyl (C=O) groups is 1. The molecule has 0 fully saturated rings. The Kier molecular flexibility index (Phi) is 6.46. The Hall–Kier alpha value is -3.00. The van der Waals surface area contributed by atoms with Crippen molar-refractivity contribution in [2.24, 2.45) is 0 Å². The van der Waals surface area contributed by atoms with Crippen molar-refractivity contribution >= 4 is 17.7 Å². The largest absolute Gasteiger partial charge is 0.494 e. The number of ether oxygens (including phenoxy) is 1. The van der Waals surface area contributed by atoms with Crippen LogP contribution in [0.4, 0.5) is 0 Å². The highest BCUT2D eigenvalue weighted by Crippen LogP contribution is 2.39. The van der Waals surface area contributed by atoms with E-state index >= 15 is 0 Å². The number of aromatic nitrogens is 3. The third-order valence-electron chi connectivity index (χ3n) is 5.34. The first kappa shape index (κ1) is 21.2. The fraction of sp³-hybridized carbons (Fsp3) is 0.348. The van der Waals surface area contributed by atoms with Gasteiger partial charge in [-0.25, -0.2) is 4.68 Å². The Morgan fingerprint density at radius 1 is 1.06 bits per heavy atom. The number of hydrogen-bond acceptors (Lipinski definition) is 6. The quantitative estimate of drug-likeness (QED) is 0.603. The second kappa shape index (κ2) is 9.43. The number of benzene rings is 2. The maximum atomic E-state index is 13.4. The topological polar surface area (TPSA) is 72.3 Å². The molecule has 2 heterocycles. The molecular formula is C23H27N5O2S. The normalized spacial score (nSPS) is 17.5. The van der Waals surface area contributed by atoms with Crippen molar-refractivity contribution in [2.75, 3.05) is 25.1 Å². The van der Waals surface area contributed by atoms with Gasteiger partial charge in [-0.2, -0.15) is 0 Å². The van der Waals surface area contributed by atoms with Gasteiger partial charge in [0.15, 0.2) is 5.82 Å². The van der Waals surface area contributed by atoms with E-state index in [1.807, 2.05) is 84.9 Å². The summed E-state index contributed by atoms with van der Waals surface area (Å²) in [5.41, 5.74) is 5.51. The van der Waals surface area contributed by atoms with Gasteiger partial charge in [0, 0.05) is 18.7 Å². The van der Waals surface area contributed by atoms with Gasteiger partial charge in [0.2, 0.25) is 11.1 Å². The van der Waals surface area contributed by atoms with Crippen molar-refractivity contribution in [3.05, 3.63) is 60.2 Å². The van der Waals surface area contributed by atoms with Gasteiger partial charge in [-0.3, -0.25) is 4.79 Å². The molecule has 0 radical (unpaired) electrons. The summed E-state index contributed by atoms with van der Waals surface area (Å²) in [5.74, 6) is 1.64. The molecule has 4 rings (SSSR count). The van der Waals surface area contributed by atoms with Crippen LogP contribution in [0.3, 0.4) is 0 Å². The van der Waals surface area contributed by atoms with Crippen LogP contribution in [0.25, 0.3) is 11.4 Å². The fourth-order valence-corrected chi connectivity index (χ4v) is 4.88. The molecule has 0 saturated heterocycles. The number of rotatable bonds is 7. The number of amides is 1. The Morgan fingerprint density at radius 2 is 1.77 bits per heavy atom. The highest BCUT2D eigenvalue weighted by molar-refractivity contribution is 8.00. The van der Waals surface area contributed by atoms with Gasteiger partial charge in [0.05, 0.1) is 12.6 Å². The summed E-state index contributed by atoms with van der Waals surface area (Å²) >= 11 is 1.46. The molecule has 1 aliphatic heterocycles. The number of hydrogen-bond donors (Lipinski definition) is 1. The predicted molar refractivity (Wildman–Crippen MR) is 123 cm³/mol. The van der Waals surface area contributed by atoms with Crippen molar-refractivity contribution in [3.63, 3.8) is 0 Å². The second-order valence-electron chi connectivity index (χ2n) is 7.17. The summed E-state index contributed by atoms with van der Waals surface area (Å²) < 4.78 is 7.49. The van der Waals surface area contributed by atoms with Gasteiger partial charge >= 0.3 is 0 Å². The molecule has 1 aliphatic rings. The van der Waals surface area contributed by atoms with Crippen LogP contribution in [-0.2, 0) is 4.79 Å². The van der Waals surface area contributed by atoms with Gasteiger partial charge in [0.25, 0.3) is 0 Å². The Labute approximate surface area is 186 Å². The summed E-state index contributed by atoms with van der Waals surface area (Å²) in [5, 5.41) is 9.10. The molecule has 0 aliphatic carbocycles. The molecule has 7 nitrogen and oxygen atoms in total. The minimum atomic E-state index is -0.349. The van der Waals surface area contributed by atoms with E-state index < -0.39 is 0 Å². The molecule has 1 amide bonds. The third kappa shape index (κ3) is 4.25. The molecular weight excluding hydrogens is 410 g/mol. The molecule has 1 N–H and O–H groups in total. The first-order chi connectivity index (χ1) is 15.2. The van der Waals surface area contributed by atoms with Gasteiger partial charge in [-0.1, -0.05) is 54.2 Å². The maximum Gasteiger partial charge on any atom is 0.238 e. The standard InChI is InChI=1S/C23H27N5O2S/c1-4-27(5-2)22(29)20-19(16-12-14-18(15-13-16)30-6-3)26-28-21(24-25-23(28)31-20)17-10-8-7-9-11-17/h7-15,19-20,26H,4-6H2,1-3H3/t19-,20+/m1/s1. The first-order valence-corrected chi connectivity index (χ1v) is 11.5. The van der Waals surface area contributed by atoms with Crippen LogP contribution in [-0.4, -0.2) is 50.6 Å². The Morgan fingerprint density at radius 3 is 2.42 bits per heavy atom. The number of nitrogens with zero attached hydrogens (tertiary/aromatic N) is 4. The fourth-order valence-electron chi connectivity index (χ4n) is 3.72. The van der Waals surface area contributed by atoms with Gasteiger partial charge < -0.3 is 15.1 Å². The zero-order valence-corrected chi connectivity index (χ0v) is 18.8. The Balaban J connectivity index is 1.73. The van der Waals surface area contributed by atoms with E-state index in [1.54, 1.807) is 0 Å². The minimum absolute atomic E-state index is 0.0943. The smallest absolute Gasteiger partial charge is 0.238 e. The van der Waals surface area contributed by atoms with Crippen LogP contribution < -0.4 is 10.2 Å². The predicted octanol–water partition coefficient (Wildman–Crippen LogP) is 3.97. The zero-order valence-electron chi connectivity index (χ0n) is 18.0. The van der Waals surface area contributed by atoms with Crippen molar-refractivity contribution in [1.29, 1.82) is 0 Å². The highest BCUT2D eigenvalue weighted by atomic mass is 32.2. The molecule has 0 spiro atoms. The molecule has 0 saturated carbocycles. The van der Waals surface area contributed by atoms with Crippen LogP contribution >= 0.6 is 11.8 Å². The van der Waals surface area contributed by atoms with E-state index in [0.717, 1.165) is 22.7 Å². The molecule has 31 heavy (non-hydrogen) atoms. The third-order valence-corrected chi connectivity index (χ3v) is 6.54. The summed E-state index contributed by atoms with van der Waals surface area (Å²) in [6.45, 7) is 7.93. The van der Waals surface area contributed by atoms with E-state index in [1.165, 1.54) is 11.8 Å². The summed E-state index contributed by atoms with van der Waals surface area (Å²) in [7, 11) is 0. The summed E-state index contributed by atoms with van der Waals surface area (Å²) in [6.07, 6.45) is 0. The lowest BCUT2D eigenvalue weighted by molar-refractivity contribution is -0.130. The van der Waals surface area contributed by atoms with Gasteiger partial charge in [-0.05, 0) is 38.5 Å². The van der Waals surface area contributed by atoms with E-state index in [9.17, 15) is 4.79 Å². The number of nitrogens with one attached hydrogen (secondary N) is 1. The lowest BCUT2D eigenvalue weighted by Crippen LogP contribution is -2.46. The summed E-state index contributed by atoms with van der Waals surface area (Å²) in [4.78, 5) is 15.2. The van der Waals surface area contributed by atoms with Crippen molar-refractivity contribution in [3.8, 4) is 17.1 Å². The Bertz CT molecular complexity index is 1020. The van der Waals surface area contributed by atoms with Crippen LogP contribution in [0.1, 0.15) is 32.4 Å². The molecule has 3 aromatic rings. The average molecular weight is 438 g/mol. The van der Waals surface area contributed by atoms with Crippen LogP contribution in [0, 0.1) is 0 Å². The summed E-state index contributed by atoms with van der Waals surface area (Å²) in [6, 6.07) is 17.6. The van der Waals surface area contributed by atoms with Crippen LogP contribution in [0.2, 0.25) is 0 Å². The number of fused-ring (bicyclic) bond motifs is 1. The lowest BCUT2D eigenvalue weighted by atomic mass is 10.0. The average Bonchev–Trinajstić information content (AvgIpc) is 3.23. The zero-order chi connectivity index (χ0) is 21.8. The minimum Gasteiger partial charge on any atom is -0.494 e. The second-order valence-corrected chi connectivity index (χ2v) is 8.27. The number of thioether (sulfide) groups is 1. The molecule has 2 aromatic carbocycles. The van der Waals surface area contributed by atoms with Gasteiger partial charge in [0.1, 0.15) is 11.0 Å². The molecule has 8 heteroatoms. The lowest BCUT2D eigenvalue weighted by Gasteiger charge is -2.35. The molecule has 1 aromatic heterocycles. The number of carbonyl (C=O) groups excluding carboxylic acids is 1. The van der Waals surface area contributed by atoms with Crippen molar-refractivity contribution in [1.82, 2.24) is 19.8 Å². The van der Waals surface area contributed by atoms with Crippen molar-refractivity contribution in [2.45, 2.75) is 37.2 Å². The SMILES string of the molecule is CCOc1ccc([C@H]2Nn3c(nnc3-c3ccccc3)S[C@@H]2C(=O)N(CC)CC)cc1. The van der Waals surface area contributed by atoms with Crippen LogP contribution in [0.5, 0.6) is 5.75 Å². The molecule has 162 valence electrons. The molecule has 2 atom stereocenters. The molecule has 0 unspecified atom stereocenters. The monoisotopic (exact) mass is 437 g/mol. The maximum absolute atomic E-state index is 13.4. The first-order valence-electron chi connectivity index (χ1n) is 10.6. The van der Waals surface area contributed by atoms with Crippen LogP contribution in [0.15, 0.2) is 59.8 Å². The van der Waals surface area contributed by atoms with E-state index in [0.29, 0.717) is 24.9 Å². The van der Waals surface area contributed by atoms with E-state index in [-0.39, 0.29) is 17.2 Å². The highest BCUT2D eigenvalue weighted by Gasteiger charge is 2.39. The van der Waals surface area contributed by atoms with Gasteiger partial charge in [-0.15, -0.1) is 10.2 Å². The van der Waals surface area contributed by atoms with Crippen molar-refractivity contribution < 1.29 is 9.53 Å². The van der Waals surface area contributed by atoms with E-state index in [2.05, 4.69) is 15.6 Å².